The van der Waals surface area contributed by atoms with Crippen LogP contribution >= 0.6 is 0 Å². The number of aromatic nitrogens is 4. The van der Waals surface area contributed by atoms with Crippen molar-refractivity contribution in [1.82, 2.24) is 19.9 Å². The van der Waals surface area contributed by atoms with Crippen molar-refractivity contribution >= 4 is 21.9 Å². The lowest BCUT2D eigenvalue weighted by molar-refractivity contribution is 0.667. The van der Waals surface area contributed by atoms with E-state index in [9.17, 15) is 0 Å². The van der Waals surface area contributed by atoms with E-state index in [4.69, 9.17) is 19.4 Å². The molecule has 5 heteroatoms. The van der Waals surface area contributed by atoms with E-state index in [1.54, 1.807) is 12.4 Å². The van der Waals surface area contributed by atoms with E-state index in [0.717, 1.165) is 122 Å². The molecule has 0 aliphatic heterocycles. The summed E-state index contributed by atoms with van der Waals surface area (Å²) in [6, 6.07) is 74.6. The first-order chi connectivity index (χ1) is 33.2. The van der Waals surface area contributed by atoms with Gasteiger partial charge < -0.3 is 4.42 Å². The van der Waals surface area contributed by atoms with E-state index in [0.29, 0.717) is 0 Å². The maximum Gasteiger partial charge on any atom is 0.153 e. The van der Waals surface area contributed by atoms with Crippen LogP contribution in [-0.4, -0.2) is 19.9 Å². The SMILES string of the molecule is c1ccc(-c2ccc(-c3ccccc3-c3cc(-c4ccccc4-c4ccc(-c5ccccc5)nc4)cc(-c4ccccc4-c4ccc(-c5ccc6oc7cnccc7c6c5)nc4)c3)cn2)cc1. The van der Waals surface area contributed by atoms with Crippen molar-refractivity contribution in [3.8, 4) is 101 Å². The second-order valence-corrected chi connectivity index (χ2v) is 16.6. The largest absolute Gasteiger partial charge is 0.454 e. The van der Waals surface area contributed by atoms with Gasteiger partial charge in [0.15, 0.2) is 5.58 Å². The maximum atomic E-state index is 6.06. The molecule has 0 unspecified atom stereocenters. The molecule has 12 rings (SSSR count). The molecule has 0 saturated heterocycles. The van der Waals surface area contributed by atoms with Crippen molar-refractivity contribution in [3.63, 3.8) is 0 Å². The Morgan fingerprint density at radius 3 is 1.06 bits per heavy atom. The molecule has 5 nitrogen and oxygen atoms in total. The minimum atomic E-state index is 0.776. The zero-order chi connectivity index (χ0) is 44.5. The summed E-state index contributed by atoms with van der Waals surface area (Å²) >= 11 is 0. The van der Waals surface area contributed by atoms with Gasteiger partial charge in [-0.05, 0) is 111 Å². The van der Waals surface area contributed by atoms with E-state index in [1.165, 1.54) is 0 Å². The fourth-order valence-corrected chi connectivity index (χ4v) is 9.23. The van der Waals surface area contributed by atoms with E-state index in [1.807, 2.05) is 67.1 Å². The summed E-state index contributed by atoms with van der Waals surface area (Å²) in [5.74, 6) is 0. The van der Waals surface area contributed by atoms with Crippen LogP contribution in [0.25, 0.3) is 122 Å². The highest BCUT2D eigenvalue weighted by Gasteiger charge is 2.17. The van der Waals surface area contributed by atoms with Gasteiger partial charge in [-0.15, -0.1) is 0 Å². The molecule has 0 amide bonds. The molecule has 0 atom stereocenters. The molecule has 0 bridgehead atoms. The van der Waals surface area contributed by atoms with Gasteiger partial charge in [0.2, 0.25) is 0 Å². The standard InChI is InChI=1S/C62H40N4O/c1-3-13-41(14-4-1)58-27-23-44(37-64-58)50-17-7-10-20-53(50)47-33-48(54-21-11-8-18-51(54)45-24-28-59(65-38-45)42-15-5-2-6-16-42)35-49(34-47)55-22-12-9-19-52(55)46-25-29-60(66-39-46)43-26-30-61-57(36-43)56-31-32-63-40-62(56)67-61/h1-40H. The number of pyridine rings is 4. The molecule has 0 aliphatic carbocycles. The fraction of sp³-hybridized carbons (Fsp3) is 0. The molecule has 0 N–H and O–H groups in total. The third-order valence-corrected chi connectivity index (χ3v) is 12.6. The first-order valence-electron chi connectivity index (χ1n) is 22.4. The van der Waals surface area contributed by atoms with Crippen molar-refractivity contribution in [2.75, 3.05) is 0 Å². The van der Waals surface area contributed by atoms with Gasteiger partial charge in [-0.3, -0.25) is 19.9 Å². The van der Waals surface area contributed by atoms with Crippen molar-refractivity contribution in [1.29, 1.82) is 0 Å². The van der Waals surface area contributed by atoms with Crippen LogP contribution in [0.5, 0.6) is 0 Å². The second-order valence-electron chi connectivity index (χ2n) is 16.6. The van der Waals surface area contributed by atoms with Crippen molar-refractivity contribution < 1.29 is 4.42 Å². The number of hydrogen-bond acceptors (Lipinski definition) is 5. The van der Waals surface area contributed by atoms with E-state index >= 15 is 0 Å². The van der Waals surface area contributed by atoms with Crippen molar-refractivity contribution in [2.24, 2.45) is 0 Å². The second kappa shape index (κ2) is 17.1. The summed E-state index contributed by atoms with van der Waals surface area (Å²) in [7, 11) is 0. The molecule has 0 fully saturated rings. The highest BCUT2D eigenvalue weighted by Crippen LogP contribution is 2.43. The van der Waals surface area contributed by atoms with Crippen LogP contribution in [0.1, 0.15) is 0 Å². The Labute approximate surface area is 388 Å². The van der Waals surface area contributed by atoms with E-state index < -0.39 is 0 Å². The molecule has 12 aromatic rings. The van der Waals surface area contributed by atoms with Crippen molar-refractivity contribution in [2.45, 2.75) is 0 Å². The Morgan fingerprint density at radius 2 is 0.642 bits per heavy atom. The summed E-state index contributed by atoms with van der Waals surface area (Å²) in [5.41, 5.74) is 20.7. The molecule has 5 heterocycles. The average molecular weight is 857 g/mol. The number of rotatable bonds is 9. The quantitative estimate of drug-likeness (QED) is 0.145. The molecule has 67 heavy (non-hydrogen) atoms. The Hall–Kier alpha value is -9.06. The van der Waals surface area contributed by atoms with Crippen LogP contribution in [-0.2, 0) is 0 Å². The highest BCUT2D eigenvalue weighted by molar-refractivity contribution is 6.06. The predicted octanol–water partition coefficient (Wildman–Crippen LogP) is 16.2. The van der Waals surface area contributed by atoms with Crippen molar-refractivity contribution in [3.05, 3.63) is 243 Å². The van der Waals surface area contributed by atoms with Gasteiger partial charge in [0.25, 0.3) is 0 Å². The third-order valence-electron chi connectivity index (χ3n) is 12.6. The predicted molar refractivity (Wildman–Crippen MR) is 274 cm³/mol. The molecular formula is C62H40N4O. The number of hydrogen-bond donors (Lipinski definition) is 0. The number of fused-ring (bicyclic) bond motifs is 3. The lowest BCUT2D eigenvalue weighted by Gasteiger charge is -2.18. The minimum absolute atomic E-state index is 0.776. The molecule has 0 spiro atoms. The van der Waals surface area contributed by atoms with E-state index in [2.05, 4.69) is 169 Å². The maximum absolute atomic E-state index is 6.06. The fourth-order valence-electron chi connectivity index (χ4n) is 9.23. The third kappa shape index (κ3) is 7.64. The van der Waals surface area contributed by atoms with Crippen LogP contribution in [0, 0.1) is 0 Å². The Bertz CT molecular complexity index is 3570. The monoisotopic (exact) mass is 856 g/mol. The van der Waals surface area contributed by atoms with E-state index in [-0.39, 0.29) is 0 Å². The summed E-state index contributed by atoms with van der Waals surface area (Å²) in [5, 5.41) is 2.09. The number of benzene rings is 7. The number of nitrogens with zero attached hydrogens (tertiary/aromatic N) is 4. The Balaban J connectivity index is 0.977. The zero-order valence-electron chi connectivity index (χ0n) is 36.3. The molecular weight excluding hydrogens is 817 g/mol. The molecule has 0 saturated carbocycles. The van der Waals surface area contributed by atoms with Gasteiger partial charge in [0, 0.05) is 68.9 Å². The molecule has 314 valence electrons. The van der Waals surface area contributed by atoms with Gasteiger partial charge in [-0.25, -0.2) is 0 Å². The van der Waals surface area contributed by atoms with Gasteiger partial charge in [0.05, 0.1) is 23.3 Å². The molecule has 0 aliphatic rings. The topological polar surface area (TPSA) is 64.7 Å². The first-order valence-corrected chi connectivity index (χ1v) is 22.4. The van der Waals surface area contributed by atoms with Gasteiger partial charge >= 0.3 is 0 Å². The summed E-state index contributed by atoms with van der Waals surface area (Å²) < 4.78 is 6.06. The molecule has 0 radical (unpaired) electrons. The lowest BCUT2D eigenvalue weighted by atomic mass is 9.86. The van der Waals surface area contributed by atoms with Crippen LogP contribution in [0.15, 0.2) is 248 Å². The average Bonchev–Trinajstić information content (AvgIpc) is 3.79. The molecule has 7 aromatic carbocycles. The minimum Gasteiger partial charge on any atom is -0.454 e. The summed E-state index contributed by atoms with van der Waals surface area (Å²) in [6.07, 6.45) is 9.54. The highest BCUT2D eigenvalue weighted by atomic mass is 16.3. The van der Waals surface area contributed by atoms with Gasteiger partial charge in [-0.1, -0.05) is 152 Å². The van der Waals surface area contributed by atoms with Gasteiger partial charge in [-0.2, -0.15) is 0 Å². The summed E-state index contributed by atoms with van der Waals surface area (Å²) in [4.78, 5) is 19.2. The number of furan rings is 1. The van der Waals surface area contributed by atoms with Crippen LogP contribution in [0.4, 0.5) is 0 Å². The normalized spacial score (nSPS) is 11.3. The smallest absolute Gasteiger partial charge is 0.153 e. The Kier molecular flexibility index (Phi) is 10.1. The first kappa shape index (κ1) is 39.5. The van der Waals surface area contributed by atoms with Gasteiger partial charge in [0.1, 0.15) is 5.58 Å². The zero-order valence-corrected chi connectivity index (χ0v) is 36.3. The Morgan fingerprint density at radius 1 is 0.254 bits per heavy atom. The van der Waals surface area contributed by atoms with Crippen LogP contribution < -0.4 is 0 Å². The van der Waals surface area contributed by atoms with Crippen LogP contribution in [0.2, 0.25) is 0 Å². The summed E-state index contributed by atoms with van der Waals surface area (Å²) in [6.45, 7) is 0. The van der Waals surface area contributed by atoms with Crippen LogP contribution in [0.3, 0.4) is 0 Å². The molecule has 5 aromatic heterocycles. The lowest BCUT2D eigenvalue weighted by Crippen LogP contribution is -1.93.